The summed E-state index contributed by atoms with van der Waals surface area (Å²) in [5, 5.41) is 0. The Hall–Kier alpha value is -8.00. The third kappa shape index (κ3) is 13.8. The summed E-state index contributed by atoms with van der Waals surface area (Å²) >= 11 is 0. The van der Waals surface area contributed by atoms with Crippen molar-refractivity contribution < 1.29 is 115 Å². The van der Waals surface area contributed by atoms with Gasteiger partial charge in [0.05, 0.1) is 44.5 Å². The first kappa shape index (κ1) is 61.6. The molecular formula is C55H30BF24NO. The molecule has 8 rings (SSSR count). The van der Waals surface area contributed by atoms with Gasteiger partial charge in [0.1, 0.15) is 6.15 Å². The van der Waals surface area contributed by atoms with E-state index in [0.717, 1.165) is 11.1 Å². The Morgan fingerprint density at radius 3 is 0.780 bits per heavy atom. The lowest BCUT2D eigenvalue weighted by Crippen LogP contribution is -2.75. The van der Waals surface area contributed by atoms with Crippen molar-refractivity contribution in [3.05, 3.63) is 220 Å². The number of nitrogens with zero attached hydrogens (tertiary/aromatic N) is 1. The normalized spacial score (nSPS) is 13.2. The first-order chi connectivity index (χ1) is 37.6. The highest BCUT2D eigenvalue weighted by molar-refractivity contribution is 7.20. The Morgan fingerprint density at radius 1 is 0.293 bits per heavy atom. The van der Waals surface area contributed by atoms with Crippen molar-refractivity contribution in [2.75, 3.05) is 0 Å². The highest BCUT2D eigenvalue weighted by atomic mass is 19.4. The van der Waals surface area contributed by atoms with E-state index < -0.39 is 195 Å². The number of benzene rings is 5. The quantitative estimate of drug-likeness (QED) is 0.0643. The van der Waals surface area contributed by atoms with Gasteiger partial charge >= 0.3 is 49.4 Å². The third-order valence-corrected chi connectivity index (χ3v) is 12.8. The molecule has 27 heteroatoms. The molecule has 0 bridgehead atoms. The van der Waals surface area contributed by atoms with Gasteiger partial charge in [-0.15, -0.1) is 0 Å². The molecule has 82 heavy (non-hydrogen) atoms. The van der Waals surface area contributed by atoms with Crippen LogP contribution >= 0.6 is 0 Å². The minimum Gasteiger partial charge on any atom is -0.287 e. The van der Waals surface area contributed by atoms with Crippen LogP contribution in [0.1, 0.15) is 54.9 Å². The van der Waals surface area contributed by atoms with Gasteiger partial charge in [-0.3, -0.25) is 4.79 Å². The van der Waals surface area contributed by atoms with Crippen molar-refractivity contribution in [1.29, 1.82) is 0 Å². The van der Waals surface area contributed by atoms with Gasteiger partial charge in [0.25, 0.3) is 0 Å². The largest absolute Gasteiger partial charge is 0.416 e. The minimum atomic E-state index is -6.13. The molecule has 0 fully saturated rings. The number of rotatable bonds is 8. The average molecular weight is 1190 g/mol. The van der Waals surface area contributed by atoms with E-state index in [0.29, 0.717) is 6.54 Å². The summed E-state index contributed by atoms with van der Waals surface area (Å²) in [6.45, 7) is 0.350. The Balaban J connectivity index is 0.000000318. The van der Waals surface area contributed by atoms with Crippen LogP contribution in [0.4, 0.5) is 105 Å². The number of pyridine rings is 1. The number of fused-ring (bicyclic) bond motifs is 1. The predicted octanol–water partition coefficient (Wildman–Crippen LogP) is 15.8. The number of alkyl halides is 24. The molecule has 0 radical (unpaired) electrons. The van der Waals surface area contributed by atoms with Gasteiger partial charge in [-0.25, -0.2) is 0 Å². The van der Waals surface area contributed by atoms with Crippen LogP contribution in [0.3, 0.4) is 0 Å². The highest BCUT2D eigenvalue weighted by Gasteiger charge is 2.47. The molecule has 2 aliphatic carbocycles. The lowest BCUT2D eigenvalue weighted by Gasteiger charge is -2.46. The third-order valence-electron chi connectivity index (χ3n) is 12.8. The smallest absolute Gasteiger partial charge is 0.287 e. The number of ketones is 1. The molecule has 5 aromatic carbocycles. The SMILES string of the molecule is FC(F)(F)c1cc([B-](c2cc(C(F)(F)F)cc(C(F)(F)F)c2)(c2cc(C(F)(F)F)cc(C(F)(F)F)c2)c2cc(C(F)(F)F)cc(C(F)(F)F)c2)cc(C(F)(F)F)c1.O=C(C[n+]1ccc(-c2cc3cccccc-3c2)cc1)c1ccccc1. The second-order valence-electron chi connectivity index (χ2n) is 18.3. The van der Waals surface area contributed by atoms with Gasteiger partial charge in [0.2, 0.25) is 12.3 Å². The molecule has 0 N–H and O–H groups in total. The molecule has 432 valence electrons. The molecule has 1 aromatic heterocycles. The second kappa shape index (κ2) is 21.7. The van der Waals surface area contributed by atoms with E-state index in [1.54, 1.807) is 0 Å². The molecule has 0 spiro atoms. The molecule has 0 saturated heterocycles. The first-order valence-corrected chi connectivity index (χ1v) is 23.0. The van der Waals surface area contributed by atoms with E-state index in [1.165, 1.54) is 16.7 Å². The molecule has 0 amide bonds. The molecule has 0 saturated carbocycles. The molecule has 0 unspecified atom stereocenters. The minimum absolute atomic E-state index is 0.116. The summed E-state index contributed by atoms with van der Waals surface area (Å²) in [7, 11) is 0. The van der Waals surface area contributed by atoms with E-state index in [-0.39, 0.29) is 5.78 Å². The zero-order valence-corrected chi connectivity index (χ0v) is 40.4. The average Bonchev–Trinajstić information content (AvgIpc) is 2.08. The van der Waals surface area contributed by atoms with E-state index in [2.05, 4.69) is 48.5 Å². The Labute approximate surface area is 446 Å². The van der Waals surface area contributed by atoms with Gasteiger partial charge in [-0.2, -0.15) is 132 Å². The second-order valence-corrected chi connectivity index (χ2v) is 18.3. The van der Waals surface area contributed by atoms with Gasteiger partial charge < -0.3 is 0 Å². The fourth-order valence-corrected chi connectivity index (χ4v) is 9.09. The lowest BCUT2D eigenvalue weighted by atomic mass is 9.12. The van der Waals surface area contributed by atoms with Crippen molar-refractivity contribution in [2.24, 2.45) is 0 Å². The Bertz CT molecular complexity index is 3100. The number of halogens is 24. The molecular weight excluding hydrogens is 1160 g/mol. The number of Topliss-reactive ketones (excluding diaryl/α,β-unsaturated/α-hetero) is 1. The van der Waals surface area contributed by atoms with E-state index >= 15 is 0 Å². The van der Waals surface area contributed by atoms with Crippen molar-refractivity contribution in [2.45, 2.75) is 56.0 Å². The Kier molecular flexibility index (Phi) is 16.3. The van der Waals surface area contributed by atoms with Crippen LogP contribution in [0.2, 0.25) is 0 Å². The zero-order valence-electron chi connectivity index (χ0n) is 40.4. The van der Waals surface area contributed by atoms with Crippen LogP contribution in [-0.4, -0.2) is 11.9 Å². The maximum absolute atomic E-state index is 14.2. The number of aromatic nitrogens is 1. The maximum atomic E-state index is 14.2. The summed E-state index contributed by atoms with van der Waals surface area (Å²) in [6, 6.07) is 19.5. The van der Waals surface area contributed by atoms with Crippen LogP contribution in [-0.2, 0) is 56.0 Å². The van der Waals surface area contributed by atoms with Crippen molar-refractivity contribution >= 4 is 33.8 Å². The van der Waals surface area contributed by atoms with Gasteiger partial charge in [0, 0.05) is 17.7 Å². The highest BCUT2D eigenvalue weighted by Crippen LogP contribution is 2.42. The standard InChI is InChI=1S/C32H12BF24.C23H18NO/c34-25(35,36)13-1-14(26(37,38)39)6-21(5-13)33(22-7-15(27(40,41)42)2-16(8-22)28(43,44)45,23-9-17(29(46,47)48)3-18(10-23)30(49,50)51)24-11-19(31(52,53)54)4-20(12-24)32(55,56)57;25-23(19-7-3-1-4-8-19)17-24-13-11-18(12-14-24)22-15-20-9-5-2-6-10-21(20)16-22/h1-12H;1-16H,17H2/q-1;+1. The van der Waals surface area contributed by atoms with Crippen LogP contribution in [0.25, 0.3) is 22.3 Å². The van der Waals surface area contributed by atoms with Gasteiger partial charge in [0.15, 0.2) is 12.4 Å². The number of carbonyl (C=O) groups is 1. The molecule has 2 nitrogen and oxygen atoms in total. The molecule has 0 aliphatic heterocycles. The van der Waals surface area contributed by atoms with E-state index in [1.807, 2.05) is 53.4 Å². The van der Waals surface area contributed by atoms with E-state index in [4.69, 9.17) is 0 Å². The first-order valence-electron chi connectivity index (χ1n) is 23.0. The summed E-state index contributed by atoms with van der Waals surface area (Å²) in [5.41, 5.74) is -24.6. The van der Waals surface area contributed by atoms with Crippen LogP contribution < -0.4 is 26.4 Å². The summed E-state index contributed by atoms with van der Waals surface area (Å²) in [5.74, 6) is 0.116. The summed E-state index contributed by atoms with van der Waals surface area (Å²) < 4.78 is 343. The Morgan fingerprint density at radius 2 is 0.537 bits per heavy atom. The van der Waals surface area contributed by atoms with Crippen LogP contribution in [0, 0.1) is 0 Å². The van der Waals surface area contributed by atoms with Crippen LogP contribution in [0.5, 0.6) is 0 Å². The van der Waals surface area contributed by atoms with E-state index in [9.17, 15) is 110 Å². The lowest BCUT2D eigenvalue weighted by molar-refractivity contribution is -0.683. The fraction of sp³-hybridized carbons (Fsp3) is 0.164. The molecule has 0 atom stereocenters. The topological polar surface area (TPSA) is 20.9 Å². The van der Waals surface area contributed by atoms with Gasteiger partial charge in [-0.1, -0.05) is 109 Å². The number of hydrogen-bond donors (Lipinski definition) is 0. The van der Waals surface area contributed by atoms with Crippen molar-refractivity contribution in [1.82, 2.24) is 0 Å². The summed E-state index contributed by atoms with van der Waals surface area (Å²) in [4.78, 5) is 12.3. The van der Waals surface area contributed by atoms with Gasteiger partial charge in [-0.05, 0) is 58.7 Å². The number of carbonyl (C=O) groups excluding carboxylic acids is 1. The maximum Gasteiger partial charge on any atom is 0.416 e. The van der Waals surface area contributed by atoms with Crippen molar-refractivity contribution in [3.63, 3.8) is 0 Å². The zero-order chi connectivity index (χ0) is 61.0. The molecule has 1 heterocycles. The molecule has 6 aromatic rings. The molecule has 2 aliphatic rings. The fourth-order valence-electron chi connectivity index (χ4n) is 9.09. The van der Waals surface area contributed by atoms with Crippen LogP contribution in [0.15, 0.2) is 170 Å². The number of hydrogen-bond acceptors (Lipinski definition) is 1. The predicted molar refractivity (Wildman–Crippen MR) is 250 cm³/mol. The van der Waals surface area contributed by atoms with Crippen molar-refractivity contribution in [3.8, 4) is 22.3 Å². The monoisotopic (exact) mass is 1190 g/mol. The summed E-state index contributed by atoms with van der Waals surface area (Å²) in [6.07, 6.45) is -50.9.